The van der Waals surface area contributed by atoms with E-state index >= 15 is 0 Å². The Kier molecular flexibility index (Phi) is 4.79. The Morgan fingerprint density at radius 3 is 1.42 bits per heavy atom. The highest BCUT2D eigenvalue weighted by atomic mass is 14.9. The Morgan fingerprint density at radius 2 is 0.923 bits per heavy atom. The van der Waals surface area contributed by atoms with E-state index in [1.807, 2.05) is 0 Å². The fourth-order valence-corrected chi connectivity index (χ4v) is 3.25. The molecule has 1 nitrogen and oxygen atoms in total. The van der Waals surface area contributed by atoms with Crippen molar-refractivity contribution in [2.75, 3.05) is 5.32 Å². The maximum Gasteiger partial charge on any atom is 0.0502 e. The largest absolute Gasteiger partial charge is 0.380 e. The second-order valence-corrected chi connectivity index (χ2v) is 6.30. The zero-order valence-corrected chi connectivity index (χ0v) is 14.6. The first-order valence-electron chi connectivity index (χ1n) is 8.93. The summed E-state index contributed by atoms with van der Waals surface area (Å²) < 4.78 is 0. The van der Waals surface area contributed by atoms with Crippen LogP contribution >= 0.6 is 0 Å². The molecule has 1 heteroatoms. The van der Waals surface area contributed by atoms with E-state index in [4.69, 9.17) is 0 Å². The molecule has 0 aliphatic rings. The van der Waals surface area contributed by atoms with E-state index in [1.54, 1.807) is 0 Å². The summed E-state index contributed by atoms with van der Waals surface area (Å²) in [6.07, 6.45) is 0. The van der Waals surface area contributed by atoms with Crippen LogP contribution in [-0.4, -0.2) is 0 Å². The fourth-order valence-electron chi connectivity index (χ4n) is 3.25. The van der Waals surface area contributed by atoms with Gasteiger partial charge in [0.05, 0.1) is 5.69 Å². The van der Waals surface area contributed by atoms with E-state index in [0.717, 1.165) is 6.54 Å². The van der Waals surface area contributed by atoms with Crippen molar-refractivity contribution in [3.63, 3.8) is 0 Å². The van der Waals surface area contributed by atoms with Gasteiger partial charge in [-0.1, -0.05) is 109 Å². The number of benzene rings is 4. The standard InChI is InChI=1S/C25H21N/c1-4-11-20(12-5-1)19-26-25-23(21-13-6-2-7-14-21)17-10-18-24(25)22-15-8-3-9-16-22/h1-18,26H,19H2. The van der Waals surface area contributed by atoms with Crippen LogP contribution in [0.1, 0.15) is 5.56 Å². The number of anilines is 1. The number of rotatable bonds is 5. The molecule has 0 unspecified atom stereocenters. The van der Waals surface area contributed by atoms with Gasteiger partial charge in [0.2, 0.25) is 0 Å². The van der Waals surface area contributed by atoms with Crippen molar-refractivity contribution < 1.29 is 0 Å². The third kappa shape index (κ3) is 3.52. The lowest BCUT2D eigenvalue weighted by Crippen LogP contribution is -2.02. The van der Waals surface area contributed by atoms with Crippen molar-refractivity contribution in [1.29, 1.82) is 0 Å². The van der Waals surface area contributed by atoms with Crippen LogP contribution in [0.25, 0.3) is 22.3 Å². The van der Waals surface area contributed by atoms with E-state index in [2.05, 4.69) is 115 Å². The first-order chi connectivity index (χ1) is 12.9. The zero-order valence-electron chi connectivity index (χ0n) is 14.6. The quantitative estimate of drug-likeness (QED) is 0.431. The van der Waals surface area contributed by atoms with Crippen LogP contribution in [0.3, 0.4) is 0 Å². The van der Waals surface area contributed by atoms with E-state index in [9.17, 15) is 0 Å². The highest BCUT2D eigenvalue weighted by molar-refractivity contribution is 5.90. The van der Waals surface area contributed by atoms with E-state index < -0.39 is 0 Å². The molecule has 0 saturated heterocycles. The molecule has 0 heterocycles. The zero-order chi connectivity index (χ0) is 17.6. The first kappa shape index (κ1) is 16.2. The lowest BCUT2D eigenvalue weighted by Gasteiger charge is -2.17. The predicted octanol–water partition coefficient (Wildman–Crippen LogP) is 6.63. The van der Waals surface area contributed by atoms with Crippen molar-refractivity contribution in [2.45, 2.75) is 6.54 Å². The molecule has 126 valence electrons. The minimum absolute atomic E-state index is 0.796. The van der Waals surface area contributed by atoms with Crippen LogP contribution in [-0.2, 0) is 6.54 Å². The van der Waals surface area contributed by atoms with Gasteiger partial charge in [0.15, 0.2) is 0 Å². The van der Waals surface area contributed by atoms with E-state index in [0.29, 0.717) is 0 Å². The fraction of sp³-hybridized carbons (Fsp3) is 0.0400. The van der Waals surface area contributed by atoms with E-state index in [1.165, 1.54) is 33.5 Å². The second kappa shape index (κ2) is 7.71. The molecule has 0 bridgehead atoms. The van der Waals surface area contributed by atoms with Crippen LogP contribution in [0, 0.1) is 0 Å². The van der Waals surface area contributed by atoms with Gasteiger partial charge in [-0.2, -0.15) is 0 Å². The molecule has 26 heavy (non-hydrogen) atoms. The molecule has 0 aromatic heterocycles. The Hall–Kier alpha value is -3.32. The summed E-state index contributed by atoms with van der Waals surface area (Å²) in [6, 6.07) is 38.2. The molecule has 1 N–H and O–H groups in total. The average molecular weight is 335 g/mol. The Morgan fingerprint density at radius 1 is 0.462 bits per heavy atom. The average Bonchev–Trinajstić information content (AvgIpc) is 2.74. The van der Waals surface area contributed by atoms with Crippen molar-refractivity contribution >= 4 is 5.69 Å². The van der Waals surface area contributed by atoms with Crippen LogP contribution in [0.2, 0.25) is 0 Å². The molecule has 0 aliphatic heterocycles. The van der Waals surface area contributed by atoms with Gasteiger partial charge in [0.25, 0.3) is 0 Å². The lowest BCUT2D eigenvalue weighted by atomic mass is 9.95. The van der Waals surface area contributed by atoms with Crippen LogP contribution in [0.4, 0.5) is 5.69 Å². The Labute approximate surface area is 155 Å². The number of nitrogens with one attached hydrogen (secondary N) is 1. The van der Waals surface area contributed by atoms with Crippen molar-refractivity contribution in [3.8, 4) is 22.3 Å². The normalized spacial score (nSPS) is 10.5. The molecule has 4 aromatic carbocycles. The molecule has 0 radical (unpaired) electrons. The van der Waals surface area contributed by atoms with Crippen molar-refractivity contribution in [2.24, 2.45) is 0 Å². The predicted molar refractivity (Wildman–Crippen MR) is 111 cm³/mol. The summed E-state index contributed by atoms with van der Waals surface area (Å²) in [4.78, 5) is 0. The smallest absolute Gasteiger partial charge is 0.0502 e. The number of hydrogen-bond acceptors (Lipinski definition) is 1. The summed E-state index contributed by atoms with van der Waals surface area (Å²) in [5, 5.41) is 3.70. The van der Waals surface area contributed by atoms with Gasteiger partial charge in [-0.05, 0) is 16.7 Å². The lowest BCUT2D eigenvalue weighted by molar-refractivity contribution is 1.15. The molecule has 0 saturated carbocycles. The summed E-state index contributed by atoms with van der Waals surface area (Å²) >= 11 is 0. The third-order valence-electron chi connectivity index (χ3n) is 4.55. The minimum atomic E-state index is 0.796. The summed E-state index contributed by atoms with van der Waals surface area (Å²) in [5.74, 6) is 0. The monoisotopic (exact) mass is 335 g/mol. The van der Waals surface area contributed by atoms with Gasteiger partial charge in [0.1, 0.15) is 0 Å². The van der Waals surface area contributed by atoms with E-state index in [-0.39, 0.29) is 0 Å². The third-order valence-corrected chi connectivity index (χ3v) is 4.55. The van der Waals surface area contributed by atoms with Gasteiger partial charge < -0.3 is 5.32 Å². The highest BCUT2D eigenvalue weighted by Crippen LogP contribution is 2.37. The molecular formula is C25H21N. The Bertz CT molecular complexity index is 903. The summed E-state index contributed by atoms with van der Waals surface area (Å²) in [5.41, 5.74) is 7.34. The molecule has 0 amide bonds. The molecule has 0 spiro atoms. The molecule has 0 fully saturated rings. The first-order valence-corrected chi connectivity index (χ1v) is 8.93. The molecule has 0 aliphatic carbocycles. The SMILES string of the molecule is c1ccc(CNc2c(-c3ccccc3)cccc2-c2ccccc2)cc1. The Balaban J connectivity index is 1.79. The van der Waals surface area contributed by atoms with Crippen molar-refractivity contribution in [1.82, 2.24) is 0 Å². The number of hydrogen-bond donors (Lipinski definition) is 1. The highest BCUT2D eigenvalue weighted by Gasteiger charge is 2.11. The van der Waals surface area contributed by atoms with Gasteiger partial charge in [-0.15, -0.1) is 0 Å². The molecule has 0 atom stereocenters. The topological polar surface area (TPSA) is 12.0 Å². The van der Waals surface area contributed by atoms with Gasteiger partial charge >= 0.3 is 0 Å². The minimum Gasteiger partial charge on any atom is -0.380 e. The molecule has 4 aromatic rings. The maximum atomic E-state index is 3.70. The maximum absolute atomic E-state index is 3.70. The van der Waals surface area contributed by atoms with Gasteiger partial charge in [-0.3, -0.25) is 0 Å². The second-order valence-electron chi connectivity index (χ2n) is 6.30. The van der Waals surface area contributed by atoms with Crippen molar-refractivity contribution in [3.05, 3.63) is 115 Å². The van der Waals surface area contributed by atoms with Gasteiger partial charge in [0, 0.05) is 17.7 Å². The summed E-state index contributed by atoms with van der Waals surface area (Å²) in [6.45, 7) is 0.796. The number of para-hydroxylation sites is 1. The molecule has 4 rings (SSSR count). The molecular weight excluding hydrogens is 314 g/mol. The van der Waals surface area contributed by atoms with Gasteiger partial charge in [-0.25, -0.2) is 0 Å². The van der Waals surface area contributed by atoms with Crippen LogP contribution in [0.5, 0.6) is 0 Å². The van der Waals surface area contributed by atoms with Crippen LogP contribution < -0.4 is 5.32 Å². The summed E-state index contributed by atoms with van der Waals surface area (Å²) in [7, 11) is 0. The van der Waals surface area contributed by atoms with Crippen LogP contribution in [0.15, 0.2) is 109 Å².